The summed E-state index contributed by atoms with van der Waals surface area (Å²) in [6.07, 6.45) is 0. The zero-order valence-corrected chi connectivity index (χ0v) is 10.5. The fourth-order valence-corrected chi connectivity index (χ4v) is 0.916. The van der Waals surface area contributed by atoms with Crippen molar-refractivity contribution >= 4 is 5.69 Å². The summed E-state index contributed by atoms with van der Waals surface area (Å²) in [5.74, 6) is 0. The van der Waals surface area contributed by atoms with Crippen LogP contribution in [0.2, 0.25) is 0 Å². The van der Waals surface area contributed by atoms with Gasteiger partial charge in [-0.25, -0.2) is 0 Å². The lowest BCUT2D eigenvalue weighted by molar-refractivity contribution is -0.385. The first-order valence-corrected chi connectivity index (χ1v) is 5.33. The van der Waals surface area contributed by atoms with Crippen LogP contribution in [0.3, 0.4) is 0 Å². The maximum absolute atomic E-state index is 10.4. The van der Waals surface area contributed by atoms with E-state index in [0.29, 0.717) is 5.56 Å². The first kappa shape index (κ1) is 16.1. The van der Waals surface area contributed by atoms with E-state index >= 15 is 0 Å². The summed E-state index contributed by atoms with van der Waals surface area (Å²) in [6.45, 7) is 11.6. The van der Waals surface area contributed by atoms with Crippen LogP contribution in [0.25, 0.3) is 0 Å². The largest absolute Gasteiger partial charge is 0.272 e. The molecule has 0 radical (unpaired) electrons. The normalized spacial score (nSPS) is 7.87. The minimum atomic E-state index is -0.359. The molecule has 0 amide bonds. The number of rotatable bonds is 1. The summed E-state index contributed by atoms with van der Waals surface area (Å²) in [5, 5.41) is 10.4. The topological polar surface area (TPSA) is 43.1 Å². The Morgan fingerprint density at radius 2 is 1.53 bits per heavy atom. The van der Waals surface area contributed by atoms with E-state index in [1.54, 1.807) is 19.1 Å². The van der Waals surface area contributed by atoms with Crippen molar-refractivity contribution in [3.63, 3.8) is 0 Å². The zero-order valence-electron chi connectivity index (χ0n) is 10.5. The van der Waals surface area contributed by atoms with E-state index < -0.39 is 0 Å². The van der Waals surface area contributed by atoms with E-state index in [2.05, 4.69) is 0 Å². The summed E-state index contributed by atoms with van der Waals surface area (Å²) in [5.41, 5.74) is 1.83. The Morgan fingerprint density at radius 1 is 1.07 bits per heavy atom. The van der Waals surface area contributed by atoms with Crippen molar-refractivity contribution in [3.8, 4) is 0 Å². The average molecular weight is 211 g/mol. The van der Waals surface area contributed by atoms with Crippen LogP contribution in [0.1, 0.15) is 38.8 Å². The summed E-state index contributed by atoms with van der Waals surface area (Å²) < 4.78 is 0. The van der Waals surface area contributed by atoms with Gasteiger partial charge in [0.15, 0.2) is 0 Å². The highest BCUT2D eigenvalue weighted by Gasteiger charge is 2.08. The van der Waals surface area contributed by atoms with E-state index in [4.69, 9.17) is 0 Å². The Balaban J connectivity index is 0. The molecule has 0 aromatic heterocycles. The standard InChI is InChI=1S/C8H9NO2.2C2H6/c1-6-3-4-7(2)8(5-6)9(10)11;2*1-2/h3-5H,1-2H3;2*1-2H3. The molecular formula is C12H21NO2. The van der Waals surface area contributed by atoms with Gasteiger partial charge >= 0.3 is 0 Å². The Bertz CT molecular complexity index is 296. The molecule has 0 aliphatic carbocycles. The van der Waals surface area contributed by atoms with Gasteiger partial charge in [0, 0.05) is 11.6 Å². The molecule has 0 saturated heterocycles. The number of aryl methyl sites for hydroxylation is 2. The van der Waals surface area contributed by atoms with Gasteiger partial charge in [-0.3, -0.25) is 10.1 Å². The Hall–Kier alpha value is -1.38. The highest BCUT2D eigenvalue weighted by molar-refractivity contribution is 5.41. The van der Waals surface area contributed by atoms with Gasteiger partial charge in [0.25, 0.3) is 5.69 Å². The predicted octanol–water partition coefficient (Wildman–Crippen LogP) is 4.26. The third kappa shape index (κ3) is 5.83. The lowest BCUT2D eigenvalue weighted by atomic mass is 10.1. The number of nitro groups is 1. The maximum Gasteiger partial charge on any atom is 0.272 e. The molecule has 3 heteroatoms. The second-order valence-corrected chi connectivity index (χ2v) is 2.55. The van der Waals surface area contributed by atoms with Gasteiger partial charge in [-0.1, -0.05) is 39.8 Å². The van der Waals surface area contributed by atoms with E-state index in [1.165, 1.54) is 0 Å². The van der Waals surface area contributed by atoms with Crippen molar-refractivity contribution in [1.82, 2.24) is 0 Å². The minimum absolute atomic E-state index is 0.199. The molecule has 0 atom stereocenters. The molecule has 0 saturated carbocycles. The number of nitro benzene ring substituents is 1. The maximum atomic E-state index is 10.4. The van der Waals surface area contributed by atoms with Crippen molar-refractivity contribution in [1.29, 1.82) is 0 Å². The molecule has 15 heavy (non-hydrogen) atoms. The van der Waals surface area contributed by atoms with Crippen molar-refractivity contribution in [2.24, 2.45) is 0 Å². The molecule has 0 unspecified atom stereocenters. The highest BCUT2D eigenvalue weighted by Crippen LogP contribution is 2.18. The fourth-order valence-electron chi connectivity index (χ4n) is 0.916. The quantitative estimate of drug-likeness (QED) is 0.514. The van der Waals surface area contributed by atoms with Gasteiger partial charge in [0.05, 0.1) is 4.92 Å². The lowest BCUT2D eigenvalue weighted by Crippen LogP contribution is -1.91. The summed E-state index contributed by atoms with van der Waals surface area (Å²) in [6, 6.07) is 5.20. The first-order valence-electron chi connectivity index (χ1n) is 5.33. The van der Waals surface area contributed by atoms with Crippen molar-refractivity contribution < 1.29 is 4.92 Å². The molecule has 0 heterocycles. The molecule has 0 N–H and O–H groups in total. The Morgan fingerprint density at radius 3 is 1.87 bits per heavy atom. The second kappa shape index (κ2) is 9.19. The summed E-state index contributed by atoms with van der Waals surface area (Å²) in [4.78, 5) is 10.0. The van der Waals surface area contributed by atoms with Gasteiger partial charge in [-0.2, -0.15) is 0 Å². The predicted molar refractivity (Wildman–Crippen MR) is 65.3 cm³/mol. The molecule has 0 bridgehead atoms. The molecule has 0 fully saturated rings. The number of nitrogens with zero attached hydrogens (tertiary/aromatic N) is 1. The van der Waals surface area contributed by atoms with Crippen LogP contribution in [0.15, 0.2) is 18.2 Å². The Labute approximate surface area is 92.3 Å². The molecule has 0 aliphatic rings. The fraction of sp³-hybridized carbons (Fsp3) is 0.500. The monoisotopic (exact) mass is 211 g/mol. The van der Waals surface area contributed by atoms with Crippen LogP contribution in [0.5, 0.6) is 0 Å². The van der Waals surface area contributed by atoms with Crippen LogP contribution in [0, 0.1) is 24.0 Å². The molecule has 86 valence electrons. The smallest absolute Gasteiger partial charge is 0.258 e. The molecule has 1 aromatic carbocycles. The minimum Gasteiger partial charge on any atom is -0.258 e. The number of benzene rings is 1. The highest BCUT2D eigenvalue weighted by atomic mass is 16.6. The van der Waals surface area contributed by atoms with Crippen molar-refractivity contribution in [2.75, 3.05) is 0 Å². The van der Waals surface area contributed by atoms with Crippen LogP contribution < -0.4 is 0 Å². The molecule has 3 nitrogen and oxygen atoms in total. The third-order valence-electron chi connectivity index (χ3n) is 1.56. The second-order valence-electron chi connectivity index (χ2n) is 2.55. The lowest BCUT2D eigenvalue weighted by Gasteiger charge is -1.96. The molecule has 1 aromatic rings. The van der Waals surface area contributed by atoms with E-state index in [1.807, 2.05) is 40.7 Å². The van der Waals surface area contributed by atoms with Gasteiger partial charge < -0.3 is 0 Å². The third-order valence-corrected chi connectivity index (χ3v) is 1.56. The molecule has 1 rings (SSSR count). The summed E-state index contributed by atoms with van der Waals surface area (Å²) in [7, 11) is 0. The summed E-state index contributed by atoms with van der Waals surface area (Å²) >= 11 is 0. The molecule has 0 spiro atoms. The molecular weight excluding hydrogens is 190 g/mol. The van der Waals surface area contributed by atoms with Gasteiger partial charge in [0.1, 0.15) is 0 Å². The average Bonchev–Trinajstić information content (AvgIpc) is 2.27. The zero-order chi connectivity index (χ0) is 12.4. The van der Waals surface area contributed by atoms with Gasteiger partial charge in [0.2, 0.25) is 0 Å². The van der Waals surface area contributed by atoms with Crippen LogP contribution in [-0.2, 0) is 0 Å². The number of hydrogen-bond donors (Lipinski definition) is 0. The first-order chi connectivity index (χ1) is 7.11. The van der Waals surface area contributed by atoms with E-state index in [0.717, 1.165) is 5.56 Å². The van der Waals surface area contributed by atoms with E-state index in [-0.39, 0.29) is 10.6 Å². The van der Waals surface area contributed by atoms with Gasteiger partial charge in [-0.05, 0) is 19.4 Å². The Kier molecular flexibility index (Phi) is 9.84. The van der Waals surface area contributed by atoms with Crippen molar-refractivity contribution in [2.45, 2.75) is 41.5 Å². The van der Waals surface area contributed by atoms with Crippen LogP contribution in [0.4, 0.5) is 5.69 Å². The number of hydrogen-bond acceptors (Lipinski definition) is 2. The van der Waals surface area contributed by atoms with Gasteiger partial charge in [-0.15, -0.1) is 0 Å². The van der Waals surface area contributed by atoms with E-state index in [9.17, 15) is 10.1 Å². The van der Waals surface area contributed by atoms with Crippen LogP contribution >= 0.6 is 0 Å². The van der Waals surface area contributed by atoms with Crippen molar-refractivity contribution in [3.05, 3.63) is 39.4 Å². The SMILES string of the molecule is CC.CC.Cc1ccc(C)c([N+](=O)[O-])c1. The van der Waals surface area contributed by atoms with Crippen LogP contribution in [-0.4, -0.2) is 4.92 Å². The molecule has 0 aliphatic heterocycles.